The number of ketones is 1. The maximum absolute atomic E-state index is 14.2. The minimum absolute atomic E-state index is 0.0288. The molecule has 0 spiro atoms. The molecule has 1 atom stereocenters. The van der Waals surface area contributed by atoms with E-state index in [0.717, 1.165) is 0 Å². The number of hydrogen-bond acceptors (Lipinski definition) is 11. The number of amides is 1. The van der Waals surface area contributed by atoms with Crippen molar-refractivity contribution in [3.8, 4) is 23.0 Å². The molecule has 5 rings (SSSR count). The third kappa shape index (κ3) is 9.21. The van der Waals surface area contributed by atoms with E-state index < -0.39 is 60.4 Å². The van der Waals surface area contributed by atoms with Crippen molar-refractivity contribution in [1.82, 2.24) is 5.32 Å². The Bertz CT molecular complexity index is 1950. The number of aryl methyl sites for hydroxylation is 2. The number of carboxylic acids is 2. The number of Topliss-reactive ketones (excluding diaryl/α,β-unsaturated/α-hetero) is 1. The number of ether oxygens (including phenoxy) is 3. The molecule has 0 bridgehead atoms. The number of aliphatic carboxylic acids is 2. The first-order valence-corrected chi connectivity index (χ1v) is 16.3. The lowest BCUT2D eigenvalue weighted by Crippen LogP contribution is -2.38. The first-order chi connectivity index (χ1) is 24.8. The summed E-state index contributed by atoms with van der Waals surface area (Å²) in [5, 5.41) is 30.5. The van der Waals surface area contributed by atoms with Crippen LogP contribution in [0.4, 0.5) is 5.69 Å². The van der Waals surface area contributed by atoms with Crippen molar-refractivity contribution in [2.45, 2.75) is 57.4 Å². The number of carbonyl (C=O) groups excluding carboxylic acids is 4. The molecule has 3 aromatic rings. The molecule has 2 heterocycles. The molecule has 0 aliphatic carbocycles. The molecule has 0 saturated heterocycles. The van der Waals surface area contributed by atoms with Crippen molar-refractivity contribution in [1.29, 1.82) is 0 Å². The lowest BCUT2D eigenvalue weighted by atomic mass is 9.87. The van der Waals surface area contributed by atoms with E-state index in [1.54, 1.807) is 18.2 Å². The highest BCUT2D eigenvalue weighted by Gasteiger charge is 2.34. The molecule has 3 aromatic carbocycles. The summed E-state index contributed by atoms with van der Waals surface area (Å²) in [5.41, 5.74) is 13.2. The number of fused-ring (bicyclic) bond motifs is 3. The molecule has 272 valence electrons. The Balaban J connectivity index is 1.47. The van der Waals surface area contributed by atoms with E-state index in [2.05, 4.69) is 10.3 Å². The molecule has 52 heavy (non-hydrogen) atoms. The van der Waals surface area contributed by atoms with Crippen LogP contribution in [0.2, 0.25) is 0 Å². The van der Waals surface area contributed by atoms with Crippen LogP contribution in [-0.4, -0.2) is 69.5 Å². The van der Waals surface area contributed by atoms with Gasteiger partial charge in [0.1, 0.15) is 11.5 Å². The molecular formula is C36H36N4O12. The fraction of sp³-hybridized carbons (Fsp3) is 0.306. The number of phenolic OH excluding ortho intramolecular Hbond substituents is 1. The van der Waals surface area contributed by atoms with Crippen LogP contribution in [0, 0.1) is 5.92 Å². The Labute approximate surface area is 296 Å². The average molecular weight is 717 g/mol. The van der Waals surface area contributed by atoms with Crippen LogP contribution in [0.25, 0.3) is 0 Å². The highest BCUT2D eigenvalue weighted by molar-refractivity contribution is 6.03. The van der Waals surface area contributed by atoms with Gasteiger partial charge in [-0.2, -0.15) is 0 Å². The largest absolute Gasteiger partial charge is 0.508 e. The molecular weight excluding hydrogens is 680 g/mol. The quantitative estimate of drug-likeness (QED) is 0.0517. The van der Waals surface area contributed by atoms with Crippen LogP contribution >= 0.6 is 0 Å². The van der Waals surface area contributed by atoms with E-state index >= 15 is 0 Å². The van der Waals surface area contributed by atoms with Crippen molar-refractivity contribution in [3.05, 3.63) is 76.3 Å². The molecule has 2 aliphatic rings. The summed E-state index contributed by atoms with van der Waals surface area (Å²) in [6.45, 7) is 0.0646. The number of carboxylic acid groups (broad SMARTS) is 2. The Morgan fingerprint density at radius 1 is 0.923 bits per heavy atom. The van der Waals surface area contributed by atoms with Gasteiger partial charge >= 0.3 is 23.9 Å². The molecule has 0 radical (unpaired) electrons. The van der Waals surface area contributed by atoms with Crippen LogP contribution in [0.1, 0.15) is 69.5 Å². The number of guanidine groups is 1. The monoisotopic (exact) mass is 716 g/mol. The maximum Gasteiger partial charge on any atom is 0.343 e. The predicted molar refractivity (Wildman–Crippen MR) is 182 cm³/mol. The summed E-state index contributed by atoms with van der Waals surface area (Å²) in [6.07, 6.45) is -1.05. The highest BCUT2D eigenvalue weighted by atomic mass is 16.6. The minimum atomic E-state index is -1.29. The normalized spacial score (nSPS) is 15.1. The molecule has 1 amide bonds. The lowest BCUT2D eigenvalue weighted by molar-refractivity contribution is -0.141. The standard InChI is InChI=1S/C36H36N4O12/c37-36(38)40-22-6-8-25-19(13-22)2-1-11-50-33-27(51-35(25)49)9-4-18(5-10-29(43)39-23(15-30(44)45)16-31(46)47)32(33)26(42)14-21-12-20-3-7-24(41)17-28(20)52-34(21)48/h3-4,6-9,13,17,21,23,41H,1-2,5,10-12,14-16H2,(H,39,43)(H,44,45)(H,46,47)(H4,37,38,40)/t21-/m1/s1. The number of benzene rings is 3. The van der Waals surface area contributed by atoms with Crippen LogP contribution < -0.4 is 31.0 Å². The summed E-state index contributed by atoms with van der Waals surface area (Å²) in [6, 6.07) is 10.8. The predicted octanol–water partition coefficient (Wildman–Crippen LogP) is 2.56. The van der Waals surface area contributed by atoms with E-state index in [1.165, 1.54) is 30.3 Å². The number of esters is 2. The summed E-state index contributed by atoms with van der Waals surface area (Å²) < 4.78 is 17.3. The van der Waals surface area contributed by atoms with Gasteiger partial charge in [0.05, 0.1) is 42.2 Å². The van der Waals surface area contributed by atoms with Gasteiger partial charge in [-0.3, -0.25) is 24.0 Å². The maximum atomic E-state index is 14.2. The van der Waals surface area contributed by atoms with E-state index in [0.29, 0.717) is 35.2 Å². The summed E-state index contributed by atoms with van der Waals surface area (Å²) in [4.78, 5) is 80.1. The van der Waals surface area contributed by atoms with Crippen molar-refractivity contribution in [3.63, 3.8) is 0 Å². The van der Waals surface area contributed by atoms with E-state index in [4.69, 9.17) is 35.9 Å². The van der Waals surface area contributed by atoms with E-state index in [9.17, 15) is 33.9 Å². The number of hydrogen-bond donors (Lipinski definition) is 6. The van der Waals surface area contributed by atoms with Crippen LogP contribution in [0.15, 0.2) is 53.5 Å². The van der Waals surface area contributed by atoms with Crippen LogP contribution in [-0.2, 0) is 38.4 Å². The van der Waals surface area contributed by atoms with Crippen molar-refractivity contribution >= 4 is 47.2 Å². The van der Waals surface area contributed by atoms with Crippen molar-refractivity contribution < 1.29 is 58.3 Å². The van der Waals surface area contributed by atoms with Crippen molar-refractivity contribution in [2.24, 2.45) is 22.4 Å². The van der Waals surface area contributed by atoms with Crippen molar-refractivity contribution in [2.75, 3.05) is 6.61 Å². The average Bonchev–Trinajstić information content (AvgIpc) is 3.05. The molecule has 16 nitrogen and oxygen atoms in total. The van der Waals surface area contributed by atoms with Gasteiger partial charge in [-0.1, -0.05) is 12.1 Å². The van der Waals surface area contributed by atoms with Gasteiger partial charge in [-0.05, 0) is 72.7 Å². The zero-order valence-electron chi connectivity index (χ0n) is 27.8. The van der Waals surface area contributed by atoms with Gasteiger partial charge in [-0.15, -0.1) is 0 Å². The second-order valence-electron chi connectivity index (χ2n) is 12.3. The Kier molecular flexibility index (Phi) is 11.4. The van der Waals surface area contributed by atoms with Gasteiger partial charge in [0.2, 0.25) is 5.91 Å². The fourth-order valence-corrected chi connectivity index (χ4v) is 6.11. The summed E-state index contributed by atoms with van der Waals surface area (Å²) in [7, 11) is 0. The number of rotatable bonds is 12. The lowest BCUT2D eigenvalue weighted by Gasteiger charge is -2.24. The van der Waals surface area contributed by atoms with Crippen LogP contribution in [0.5, 0.6) is 23.0 Å². The first-order valence-electron chi connectivity index (χ1n) is 16.3. The molecule has 16 heteroatoms. The second kappa shape index (κ2) is 16.1. The Morgan fingerprint density at radius 3 is 2.38 bits per heavy atom. The molecule has 0 aromatic heterocycles. The smallest absolute Gasteiger partial charge is 0.343 e. The molecule has 0 unspecified atom stereocenters. The Hall–Kier alpha value is -6.45. The third-order valence-electron chi connectivity index (χ3n) is 8.41. The van der Waals surface area contributed by atoms with Gasteiger partial charge in [-0.25, -0.2) is 9.79 Å². The highest BCUT2D eigenvalue weighted by Crippen LogP contribution is 2.39. The Morgan fingerprint density at radius 2 is 1.67 bits per heavy atom. The molecule has 0 saturated carbocycles. The number of nitrogens with zero attached hydrogens (tertiary/aromatic N) is 1. The number of nitrogens with two attached hydrogens (primary N) is 2. The number of aliphatic imine (C=N–C) groups is 1. The molecule has 2 aliphatic heterocycles. The number of carbonyl (C=O) groups is 6. The SMILES string of the molecule is NC(N)=Nc1ccc2c(c1)CCCOc1c(ccc(CCC(=O)NC(CC(=O)O)CC(=O)O)c1C(=O)C[C@H]1Cc3ccc(O)cc3OC1=O)OC2=O. The van der Waals surface area contributed by atoms with Gasteiger partial charge < -0.3 is 46.3 Å². The summed E-state index contributed by atoms with van der Waals surface area (Å²) >= 11 is 0. The summed E-state index contributed by atoms with van der Waals surface area (Å²) in [5.74, 6) is -6.39. The topological polar surface area (TPSA) is 267 Å². The van der Waals surface area contributed by atoms with E-state index in [-0.39, 0.29) is 72.4 Å². The van der Waals surface area contributed by atoms with Gasteiger partial charge in [0.25, 0.3) is 0 Å². The molecule has 0 fully saturated rings. The third-order valence-corrected chi connectivity index (χ3v) is 8.41. The first kappa shape index (κ1) is 36.8. The fourth-order valence-electron chi connectivity index (χ4n) is 6.11. The molecule has 8 N–H and O–H groups in total. The zero-order valence-corrected chi connectivity index (χ0v) is 27.8. The second-order valence-corrected chi connectivity index (χ2v) is 12.3. The minimum Gasteiger partial charge on any atom is -0.508 e. The van der Waals surface area contributed by atoms with Crippen LogP contribution in [0.3, 0.4) is 0 Å². The van der Waals surface area contributed by atoms with E-state index in [1.807, 2.05) is 0 Å². The number of nitrogens with one attached hydrogen (secondary N) is 1. The zero-order chi connectivity index (χ0) is 37.5. The number of phenols is 1. The van der Waals surface area contributed by atoms with Gasteiger partial charge in [0.15, 0.2) is 23.2 Å². The number of aromatic hydroxyl groups is 1. The van der Waals surface area contributed by atoms with Gasteiger partial charge in [0, 0.05) is 24.9 Å².